The third kappa shape index (κ3) is 1.34. The van der Waals surface area contributed by atoms with Crippen molar-refractivity contribution < 1.29 is 32.7 Å². The number of rotatable bonds is 0. The first-order chi connectivity index (χ1) is 5.29. The van der Waals surface area contributed by atoms with Crippen molar-refractivity contribution in [3.63, 3.8) is 0 Å². The van der Waals surface area contributed by atoms with Crippen molar-refractivity contribution in [1.82, 2.24) is 19.7 Å². The predicted molar refractivity (Wildman–Crippen MR) is 39.6 cm³/mol. The minimum absolute atomic E-state index is 0. The van der Waals surface area contributed by atoms with E-state index in [0.717, 1.165) is 0 Å². The summed E-state index contributed by atoms with van der Waals surface area (Å²) in [7, 11) is 1.78. The molecular formula is C6H6N5Y-. The van der Waals surface area contributed by atoms with Crippen molar-refractivity contribution >= 4 is 17.1 Å². The fourth-order valence-corrected chi connectivity index (χ4v) is 0.892. The molecule has 5 nitrogen and oxygen atoms in total. The van der Waals surface area contributed by atoms with Crippen molar-refractivity contribution in [3.05, 3.63) is 12.3 Å². The van der Waals surface area contributed by atoms with Gasteiger partial charge < -0.3 is 10.3 Å². The maximum Gasteiger partial charge on any atom is 0.182 e. The molecule has 0 saturated heterocycles. The Bertz CT molecular complexity index is 396. The Kier molecular flexibility index (Phi) is 2.74. The van der Waals surface area contributed by atoms with Crippen LogP contribution in [0.3, 0.4) is 0 Å². The second kappa shape index (κ2) is 3.45. The van der Waals surface area contributed by atoms with Gasteiger partial charge in [-0.3, -0.25) is 4.98 Å². The van der Waals surface area contributed by atoms with Gasteiger partial charge in [0.25, 0.3) is 0 Å². The number of aromatic nitrogens is 4. The van der Waals surface area contributed by atoms with E-state index in [1.54, 1.807) is 11.6 Å². The molecule has 0 atom stereocenters. The van der Waals surface area contributed by atoms with Crippen LogP contribution in [0.15, 0.2) is 6.20 Å². The Morgan fingerprint density at radius 3 is 3.00 bits per heavy atom. The molecule has 6 heteroatoms. The van der Waals surface area contributed by atoms with Crippen LogP contribution < -0.4 is 5.73 Å². The molecule has 1 radical (unpaired) electrons. The number of hydrogen-bond donors (Lipinski definition) is 1. The first-order valence-electron chi connectivity index (χ1n) is 3.10. The topological polar surface area (TPSA) is 69.6 Å². The molecule has 59 valence electrons. The van der Waals surface area contributed by atoms with Gasteiger partial charge in [-0.1, -0.05) is 5.52 Å². The summed E-state index contributed by atoms with van der Waals surface area (Å²) in [5, 5.41) is 7.51. The van der Waals surface area contributed by atoms with E-state index in [4.69, 9.17) is 5.73 Å². The molecule has 0 aromatic carbocycles. The molecule has 0 aliphatic heterocycles. The molecule has 2 heterocycles. The summed E-state index contributed by atoms with van der Waals surface area (Å²) in [4.78, 5) is 4.00. The van der Waals surface area contributed by atoms with E-state index in [1.165, 1.54) is 6.20 Å². The van der Waals surface area contributed by atoms with Crippen molar-refractivity contribution in [1.29, 1.82) is 0 Å². The Morgan fingerprint density at radius 2 is 2.33 bits per heavy atom. The minimum atomic E-state index is 0. The van der Waals surface area contributed by atoms with E-state index < -0.39 is 0 Å². The third-order valence-corrected chi connectivity index (χ3v) is 1.51. The second-order valence-corrected chi connectivity index (χ2v) is 2.19. The monoisotopic (exact) mass is 237 g/mol. The van der Waals surface area contributed by atoms with Crippen molar-refractivity contribution in [2.24, 2.45) is 7.05 Å². The average Bonchev–Trinajstić information content (AvgIpc) is 2.30. The normalized spacial score (nSPS) is 9.75. The van der Waals surface area contributed by atoms with Crippen LogP contribution >= 0.6 is 0 Å². The predicted octanol–water partition coefficient (Wildman–Crippen LogP) is -0.257. The fourth-order valence-electron chi connectivity index (χ4n) is 0.892. The molecule has 2 N–H and O–H groups in total. The number of nitrogen functional groups attached to an aromatic ring is 1. The molecule has 0 saturated carbocycles. The molecule has 2 rings (SSSR count). The summed E-state index contributed by atoms with van der Waals surface area (Å²) < 4.78 is 1.67. The molecule has 0 fully saturated rings. The van der Waals surface area contributed by atoms with Crippen LogP contribution in [0.1, 0.15) is 0 Å². The number of anilines is 1. The molecule has 0 unspecified atom stereocenters. The van der Waals surface area contributed by atoms with Crippen molar-refractivity contribution in [2.75, 3.05) is 5.73 Å². The van der Waals surface area contributed by atoms with Crippen molar-refractivity contribution in [2.45, 2.75) is 0 Å². The minimum Gasteiger partial charge on any atom is -0.375 e. The zero-order valence-electron chi connectivity index (χ0n) is 6.52. The Morgan fingerprint density at radius 1 is 1.58 bits per heavy atom. The van der Waals surface area contributed by atoms with Crippen LogP contribution in [-0.4, -0.2) is 19.7 Å². The van der Waals surface area contributed by atoms with Crippen LogP contribution in [-0.2, 0) is 39.8 Å². The molecule has 0 bridgehead atoms. The molecule has 0 aliphatic carbocycles. The first kappa shape index (κ1) is 9.54. The summed E-state index contributed by atoms with van der Waals surface area (Å²) in [6, 6.07) is 2.83. The number of aryl methyl sites for hydroxylation is 1. The number of imidazole rings is 1. The Balaban J connectivity index is 0.000000720. The van der Waals surface area contributed by atoms with Gasteiger partial charge in [0, 0.05) is 38.4 Å². The molecule has 2 aromatic heterocycles. The first-order valence-corrected chi connectivity index (χ1v) is 3.10. The summed E-state index contributed by atoms with van der Waals surface area (Å²) >= 11 is 0. The second-order valence-electron chi connectivity index (χ2n) is 2.19. The summed E-state index contributed by atoms with van der Waals surface area (Å²) in [5.74, 6) is 0.428. The molecule has 12 heavy (non-hydrogen) atoms. The third-order valence-electron chi connectivity index (χ3n) is 1.51. The van der Waals surface area contributed by atoms with Gasteiger partial charge in [-0.05, 0) is 13.2 Å². The number of nitrogens with two attached hydrogens (primary N) is 1. The number of hydrogen-bond acceptors (Lipinski definition) is 4. The molecule has 0 aliphatic rings. The number of fused-ring (bicyclic) bond motifs is 1. The Labute approximate surface area is 94.2 Å². The smallest absolute Gasteiger partial charge is 0.182 e. The van der Waals surface area contributed by atoms with Gasteiger partial charge in [0.2, 0.25) is 0 Å². The van der Waals surface area contributed by atoms with E-state index >= 15 is 0 Å². The largest absolute Gasteiger partial charge is 0.375 e. The fraction of sp³-hybridized carbons (Fsp3) is 0.167. The van der Waals surface area contributed by atoms with Crippen LogP contribution in [0.25, 0.3) is 11.2 Å². The van der Waals surface area contributed by atoms with Crippen LogP contribution in [0.2, 0.25) is 0 Å². The van der Waals surface area contributed by atoms with Gasteiger partial charge in [0.05, 0.1) is 0 Å². The average molecular weight is 237 g/mol. The zero-order valence-corrected chi connectivity index (χ0v) is 9.36. The van der Waals surface area contributed by atoms with Crippen LogP contribution in [0.4, 0.5) is 5.95 Å². The standard InChI is InChI=1S/C6H6N5.Y/c1-11-5-4(9-6(11)7)2-3-8-10-5;/h3H,1H3,(H2,7,9);/q-1;. The van der Waals surface area contributed by atoms with E-state index in [-0.39, 0.29) is 32.7 Å². The molecule has 0 amide bonds. The number of nitrogens with zero attached hydrogens (tertiary/aromatic N) is 4. The summed E-state index contributed by atoms with van der Waals surface area (Å²) in [6.45, 7) is 0. The van der Waals surface area contributed by atoms with Crippen molar-refractivity contribution in [3.8, 4) is 0 Å². The van der Waals surface area contributed by atoms with Gasteiger partial charge in [0.1, 0.15) is 0 Å². The molecule has 2 aromatic rings. The van der Waals surface area contributed by atoms with Crippen LogP contribution in [0.5, 0.6) is 0 Å². The molecule has 0 spiro atoms. The Hall–Kier alpha value is -0.546. The SMILES string of the molecule is Cn1c(N)nc2[c-]cnnc21.[Y]. The maximum absolute atomic E-state index is 5.52. The van der Waals surface area contributed by atoms with Gasteiger partial charge >= 0.3 is 0 Å². The quantitative estimate of drug-likeness (QED) is 0.641. The summed E-state index contributed by atoms with van der Waals surface area (Å²) in [6.07, 6.45) is 1.47. The zero-order chi connectivity index (χ0) is 7.84. The van der Waals surface area contributed by atoms with Gasteiger partial charge in [-0.25, -0.2) is 5.10 Å². The van der Waals surface area contributed by atoms with E-state index in [0.29, 0.717) is 17.1 Å². The van der Waals surface area contributed by atoms with Crippen LogP contribution in [0, 0.1) is 6.07 Å². The summed E-state index contributed by atoms with van der Waals surface area (Å²) in [5.41, 5.74) is 6.83. The van der Waals surface area contributed by atoms with E-state index in [2.05, 4.69) is 21.2 Å². The maximum atomic E-state index is 5.52. The van der Waals surface area contributed by atoms with Gasteiger partial charge in [-0.2, -0.15) is 11.2 Å². The van der Waals surface area contributed by atoms with E-state index in [9.17, 15) is 0 Å². The molecular weight excluding hydrogens is 231 g/mol. The van der Waals surface area contributed by atoms with E-state index in [1.807, 2.05) is 0 Å². The van der Waals surface area contributed by atoms with Gasteiger partial charge in [0.15, 0.2) is 5.95 Å². The van der Waals surface area contributed by atoms with Gasteiger partial charge in [-0.15, -0.1) is 0 Å².